The maximum atomic E-state index is 12.9. The van der Waals surface area contributed by atoms with Gasteiger partial charge in [0.05, 0.1) is 10.5 Å². The van der Waals surface area contributed by atoms with Crippen LogP contribution in [-0.2, 0) is 14.8 Å². The number of halogens is 1. The van der Waals surface area contributed by atoms with E-state index < -0.39 is 39.7 Å². The molecule has 0 bridgehead atoms. The summed E-state index contributed by atoms with van der Waals surface area (Å²) in [6, 6.07) is 10.2. The maximum Gasteiger partial charge on any atom is 0.338 e. The minimum absolute atomic E-state index is 0.00121. The quantitative estimate of drug-likeness (QED) is 0.602. The lowest BCUT2D eigenvalue weighted by Gasteiger charge is -2.20. The smallest absolute Gasteiger partial charge is 0.338 e. The highest BCUT2D eigenvalue weighted by atomic mass is 32.2. The fourth-order valence-corrected chi connectivity index (χ4v) is 3.65. The van der Waals surface area contributed by atoms with E-state index in [0.717, 1.165) is 12.1 Å². The van der Waals surface area contributed by atoms with Gasteiger partial charge >= 0.3 is 5.97 Å². The van der Waals surface area contributed by atoms with Crippen LogP contribution in [0.2, 0.25) is 0 Å². The largest absolute Gasteiger partial charge is 0.454 e. The lowest BCUT2D eigenvalue weighted by molar-refractivity contribution is 0.0474. The molecule has 0 fully saturated rings. The van der Waals surface area contributed by atoms with E-state index in [4.69, 9.17) is 4.74 Å². The molecule has 0 aliphatic rings. The zero-order valence-electron chi connectivity index (χ0n) is 15.2. The summed E-state index contributed by atoms with van der Waals surface area (Å²) in [6.45, 7) is 4.55. The van der Waals surface area contributed by atoms with E-state index in [9.17, 15) is 22.4 Å². The molecule has 0 spiro atoms. The van der Waals surface area contributed by atoms with E-state index in [1.54, 1.807) is 20.8 Å². The number of ketones is 1. The molecule has 8 heteroatoms. The van der Waals surface area contributed by atoms with Gasteiger partial charge in [0.15, 0.2) is 12.4 Å². The Morgan fingerprint density at radius 1 is 1.04 bits per heavy atom. The van der Waals surface area contributed by atoms with Crippen LogP contribution in [0.3, 0.4) is 0 Å². The summed E-state index contributed by atoms with van der Waals surface area (Å²) in [5, 5.41) is 0. The van der Waals surface area contributed by atoms with Crippen LogP contribution >= 0.6 is 0 Å². The van der Waals surface area contributed by atoms with Crippen molar-refractivity contribution in [3.05, 3.63) is 65.5 Å². The Morgan fingerprint density at radius 3 is 2.26 bits per heavy atom. The fraction of sp³-hybridized carbons (Fsp3) is 0.263. The number of sulfonamides is 1. The highest BCUT2D eigenvalue weighted by molar-refractivity contribution is 7.89. The molecular weight excluding hydrogens is 373 g/mol. The monoisotopic (exact) mass is 393 g/mol. The Kier molecular flexibility index (Phi) is 6.12. The van der Waals surface area contributed by atoms with Gasteiger partial charge in [-0.1, -0.05) is 6.07 Å². The number of carbonyl (C=O) groups excluding carboxylic acids is 2. The number of Topliss-reactive ketones (excluding diaryl/α,β-unsaturated/α-hetero) is 1. The average molecular weight is 393 g/mol. The number of nitrogens with one attached hydrogen (secondary N) is 1. The van der Waals surface area contributed by atoms with Crippen LogP contribution in [0, 0.1) is 5.82 Å². The van der Waals surface area contributed by atoms with Crippen LogP contribution in [0.1, 0.15) is 41.5 Å². The Labute approximate surface area is 157 Å². The van der Waals surface area contributed by atoms with Gasteiger partial charge < -0.3 is 4.74 Å². The van der Waals surface area contributed by atoms with Crippen molar-refractivity contribution in [2.24, 2.45) is 0 Å². The molecule has 2 aromatic rings. The Balaban J connectivity index is 2.09. The van der Waals surface area contributed by atoms with Gasteiger partial charge in [0.1, 0.15) is 5.82 Å². The summed E-state index contributed by atoms with van der Waals surface area (Å²) >= 11 is 0. The lowest BCUT2D eigenvalue weighted by atomic mass is 10.1. The van der Waals surface area contributed by atoms with E-state index in [0.29, 0.717) is 0 Å². The summed E-state index contributed by atoms with van der Waals surface area (Å²) in [5.41, 5.74) is -0.481. The summed E-state index contributed by atoms with van der Waals surface area (Å²) in [5.74, 6) is -1.81. The second-order valence-electron chi connectivity index (χ2n) is 6.89. The molecule has 0 atom stereocenters. The van der Waals surface area contributed by atoms with E-state index in [-0.39, 0.29) is 16.0 Å². The second kappa shape index (κ2) is 7.98. The van der Waals surface area contributed by atoms with Crippen molar-refractivity contribution in [1.82, 2.24) is 4.72 Å². The minimum atomic E-state index is -3.81. The number of hydrogen-bond acceptors (Lipinski definition) is 5. The Hall–Kier alpha value is -2.58. The predicted octanol–water partition coefficient (Wildman–Crippen LogP) is 2.94. The van der Waals surface area contributed by atoms with Crippen LogP contribution in [0.15, 0.2) is 53.4 Å². The fourth-order valence-electron chi connectivity index (χ4n) is 2.19. The molecule has 6 nitrogen and oxygen atoms in total. The van der Waals surface area contributed by atoms with E-state index in [2.05, 4.69) is 4.72 Å². The van der Waals surface area contributed by atoms with Crippen molar-refractivity contribution in [2.75, 3.05) is 6.61 Å². The van der Waals surface area contributed by atoms with Crippen molar-refractivity contribution in [2.45, 2.75) is 31.2 Å². The third-order valence-electron chi connectivity index (χ3n) is 3.32. The number of hydrogen-bond donors (Lipinski definition) is 1. The van der Waals surface area contributed by atoms with Crippen molar-refractivity contribution in [3.63, 3.8) is 0 Å². The summed E-state index contributed by atoms with van der Waals surface area (Å²) < 4.78 is 45.0. The molecule has 2 rings (SSSR count). The number of carbonyl (C=O) groups is 2. The molecule has 1 N–H and O–H groups in total. The summed E-state index contributed by atoms with van der Waals surface area (Å²) in [6.07, 6.45) is 0. The molecule has 0 heterocycles. The second-order valence-corrected chi connectivity index (χ2v) is 8.57. The highest BCUT2D eigenvalue weighted by Crippen LogP contribution is 2.15. The van der Waals surface area contributed by atoms with Crippen molar-refractivity contribution >= 4 is 21.8 Å². The first-order valence-electron chi connectivity index (χ1n) is 8.08. The lowest BCUT2D eigenvalue weighted by Crippen LogP contribution is -2.40. The normalized spacial score (nSPS) is 11.9. The zero-order valence-corrected chi connectivity index (χ0v) is 16.0. The first-order chi connectivity index (χ1) is 12.5. The molecule has 0 unspecified atom stereocenters. The molecule has 2 aromatic carbocycles. The van der Waals surface area contributed by atoms with Crippen molar-refractivity contribution < 1.29 is 27.1 Å². The zero-order chi connectivity index (χ0) is 20.2. The van der Waals surface area contributed by atoms with Crippen LogP contribution in [0.4, 0.5) is 4.39 Å². The van der Waals surface area contributed by atoms with Crippen molar-refractivity contribution in [3.8, 4) is 0 Å². The maximum absolute atomic E-state index is 12.9. The standard InChI is InChI=1S/C19H20FNO5S/c1-19(2,3)21-27(24,25)16-6-4-5-14(11-16)18(23)26-12-17(22)13-7-9-15(20)10-8-13/h4-11,21H,12H2,1-3H3. The Bertz CT molecular complexity index is 947. The van der Waals surface area contributed by atoms with E-state index in [1.807, 2.05) is 0 Å². The van der Waals surface area contributed by atoms with Gasteiger partial charge in [-0.25, -0.2) is 22.3 Å². The van der Waals surface area contributed by atoms with Gasteiger partial charge in [-0.3, -0.25) is 4.79 Å². The van der Waals surface area contributed by atoms with Gasteiger partial charge in [0, 0.05) is 11.1 Å². The average Bonchev–Trinajstić information content (AvgIpc) is 2.58. The number of rotatable bonds is 6. The van der Waals surface area contributed by atoms with Crippen LogP contribution in [-0.4, -0.2) is 32.3 Å². The number of ether oxygens (including phenoxy) is 1. The summed E-state index contributed by atoms with van der Waals surface area (Å²) in [4.78, 5) is 24.0. The molecule has 0 saturated carbocycles. The molecule has 27 heavy (non-hydrogen) atoms. The van der Waals surface area contributed by atoms with Crippen LogP contribution in [0.25, 0.3) is 0 Å². The highest BCUT2D eigenvalue weighted by Gasteiger charge is 2.23. The van der Waals surface area contributed by atoms with Gasteiger partial charge in [-0.15, -0.1) is 0 Å². The van der Waals surface area contributed by atoms with Gasteiger partial charge in [-0.05, 0) is 63.2 Å². The van der Waals surface area contributed by atoms with Gasteiger partial charge in [0.25, 0.3) is 0 Å². The molecule has 0 radical (unpaired) electrons. The molecular formula is C19H20FNO5S. The molecule has 0 aliphatic carbocycles. The third-order valence-corrected chi connectivity index (χ3v) is 5.08. The molecule has 144 valence electrons. The summed E-state index contributed by atoms with van der Waals surface area (Å²) in [7, 11) is -3.81. The number of esters is 1. The molecule has 0 amide bonds. The van der Waals surface area contributed by atoms with Gasteiger partial charge in [-0.2, -0.15) is 0 Å². The van der Waals surface area contributed by atoms with E-state index in [1.165, 1.54) is 36.4 Å². The van der Waals surface area contributed by atoms with Crippen LogP contribution in [0.5, 0.6) is 0 Å². The first-order valence-corrected chi connectivity index (χ1v) is 9.56. The molecule has 0 saturated heterocycles. The predicted molar refractivity (Wildman–Crippen MR) is 97.5 cm³/mol. The number of benzene rings is 2. The van der Waals surface area contributed by atoms with Gasteiger partial charge in [0.2, 0.25) is 10.0 Å². The Morgan fingerprint density at radius 2 is 1.67 bits per heavy atom. The first kappa shape index (κ1) is 20.7. The van der Waals surface area contributed by atoms with Crippen LogP contribution < -0.4 is 4.72 Å². The SMILES string of the molecule is CC(C)(C)NS(=O)(=O)c1cccc(C(=O)OCC(=O)c2ccc(F)cc2)c1. The third kappa shape index (κ3) is 5.97. The molecule has 0 aliphatic heterocycles. The minimum Gasteiger partial charge on any atom is -0.454 e. The van der Waals surface area contributed by atoms with Crippen molar-refractivity contribution in [1.29, 1.82) is 0 Å². The molecule has 0 aromatic heterocycles. The van der Waals surface area contributed by atoms with E-state index >= 15 is 0 Å². The topological polar surface area (TPSA) is 89.5 Å².